The number of thiol groups is 1. The molecule has 0 aliphatic rings. The van der Waals surface area contributed by atoms with Gasteiger partial charge >= 0.3 is 5.97 Å². The zero-order valence-electron chi connectivity index (χ0n) is 5.52. The van der Waals surface area contributed by atoms with E-state index in [0.717, 1.165) is 4.90 Å². The molecule has 0 fully saturated rings. The monoisotopic (exact) mass is 186 g/mol. The van der Waals surface area contributed by atoms with Gasteiger partial charge in [0, 0.05) is 4.90 Å². The number of carboxylic acids is 1. The van der Waals surface area contributed by atoms with Crippen molar-refractivity contribution in [3.63, 3.8) is 0 Å². The van der Waals surface area contributed by atoms with Gasteiger partial charge in [0.25, 0.3) is 0 Å². The number of carbonyl (C=O) groups is 1. The van der Waals surface area contributed by atoms with Gasteiger partial charge in [-0.15, -0.1) is 11.7 Å². The maximum atomic E-state index is 10.4. The largest absolute Gasteiger partial charge is 0.478 e. The highest BCUT2D eigenvalue weighted by atomic mass is 33.1. The van der Waals surface area contributed by atoms with E-state index in [-0.39, 0.29) is 0 Å². The first kappa shape index (κ1) is 8.49. The van der Waals surface area contributed by atoms with Gasteiger partial charge < -0.3 is 5.11 Å². The summed E-state index contributed by atoms with van der Waals surface area (Å²) in [6.45, 7) is 0. The highest BCUT2D eigenvalue weighted by Crippen LogP contribution is 2.20. The number of carboxylic acid groups (broad SMARTS) is 1. The predicted molar refractivity (Wildman–Crippen MR) is 48.2 cm³/mol. The van der Waals surface area contributed by atoms with Crippen molar-refractivity contribution in [3.8, 4) is 0 Å². The summed E-state index contributed by atoms with van der Waals surface area (Å²) in [6, 6.07) is 6.56. The highest BCUT2D eigenvalue weighted by Gasteiger charge is 2.00. The molecular weight excluding hydrogens is 180 g/mol. The number of hydrogen-bond acceptors (Lipinski definition) is 3. The molecule has 0 bridgehead atoms. The number of aromatic carboxylic acids is 1. The van der Waals surface area contributed by atoms with Gasteiger partial charge in [0.2, 0.25) is 0 Å². The van der Waals surface area contributed by atoms with Crippen molar-refractivity contribution in [1.29, 1.82) is 0 Å². The first-order chi connectivity index (χ1) is 5.24. The van der Waals surface area contributed by atoms with E-state index >= 15 is 0 Å². The van der Waals surface area contributed by atoms with Crippen molar-refractivity contribution >= 4 is 28.4 Å². The van der Waals surface area contributed by atoms with Gasteiger partial charge in [-0.3, -0.25) is 0 Å². The normalized spacial score (nSPS) is 9.55. The van der Waals surface area contributed by atoms with Crippen LogP contribution in [0.2, 0.25) is 0 Å². The summed E-state index contributed by atoms with van der Waals surface area (Å²) in [5.41, 5.74) is 0.302. The molecule has 0 amide bonds. The van der Waals surface area contributed by atoms with Crippen LogP contribution in [0.25, 0.3) is 0 Å². The van der Waals surface area contributed by atoms with Crippen molar-refractivity contribution in [3.05, 3.63) is 29.8 Å². The van der Waals surface area contributed by atoms with Gasteiger partial charge in [0.15, 0.2) is 0 Å². The Balaban J connectivity index is 2.91. The van der Waals surface area contributed by atoms with Crippen LogP contribution in [0.3, 0.4) is 0 Å². The zero-order chi connectivity index (χ0) is 8.27. The number of hydrogen-bond donors (Lipinski definition) is 2. The van der Waals surface area contributed by atoms with Crippen LogP contribution in [0, 0.1) is 0 Å². The lowest BCUT2D eigenvalue weighted by molar-refractivity contribution is 0.0697. The van der Waals surface area contributed by atoms with Crippen LogP contribution in [0.1, 0.15) is 10.4 Å². The smallest absolute Gasteiger partial charge is 0.335 e. The molecule has 4 heteroatoms. The van der Waals surface area contributed by atoms with Gasteiger partial charge in [-0.05, 0) is 24.3 Å². The summed E-state index contributed by atoms with van der Waals surface area (Å²) in [4.78, 5) is 11.3. The van der Waals surface area contributed by atoms with Crippen LogP contribution >= 0.6 is 22.5 Å². The molecule has 1 aromatic carbocycles. The molecule has 0 spiro atoms. The van der Waals surface area contributed by atoms with Crippen molar-refractivity contribution in [2.24, 2.45) is 0 Å². The Bertz CT molecular complexity index is 256. The maximum absolute atomic E-state index is 10.4. The lowest BCUT2D eigenvalue weighted by Crippen LogP contribution is -1.94. The Morgan fingerprint density at radius 2 is 1.91 bits per heavy atom. The molecule has 0 aliphatic heterocycles. The van der Waals surface area contributed by atoms with Crippen molar-refractivity contribution in [2.45, 2.75) is 4.90 Å². The molecule has 0 saturated carbocycles. The van der Waals surface area contributed by atoms with E-state index in [9.17, 15) is 4.79 Å². The molecule has 2 nitrogen and oxygen atoms in total. The third-order valence-corrected chi connectivity index (χ3v) is 2.32. The van der Waals surface area contributed by atoms with Gasteiger partial charge in [-0.1, -0.05) is 10.8 Å². The summed E-state index contributed by atoms with van der Waals surface area (Å²) >= 11 is 3.97. The molecule has 1 aromatic rings. The SMILES string of the molecule is O=C(O)c1ccc(SS)cc1. The van der Waals surface area contributed by atoms with E-state index in [1.165, 1.54) is 10.8 Å². The van der Waals surface area contributed by atoms with Crippen molar-refractivity contribution in [2.75, 3.05) is 0 Å². The first-order valence-corrected chi connectivity index (χ1v) is 4.75. The van der Waals surface area contributed by atoms with Gasteiger partial charge in [-0.25, -0.2) is 4.79 Å². The van der Waals surface area contributed by atoms with Crippen LogP contribution in [0.15, 0.2) is 29.2 Å². The minimum absolute atomic E-state index is 0.302. The molecule has 0 unspecified atom stereocenters. The standard InChI is InChI=1S/C7H6O2S2/c8-7(9)5-1-3-6(11-10)4-2-5/h1-4,10H,(H,8,9). The lowest BCUT2D eigenvalue weighted by Gasteiger charge is -1.95. The minimum atomic E-state index is -0.902. The molecule has 1 N–H and O–H groups in total. The quantitative estimate of drug-likeness (QED) is 0.550. The third kappa shape index (κ3) is 2.17. The molecule has 0 aliphatic carbocycles. The number of benzene rings is 1. The molecule has 0 radical (unpaired) electrons. The molecular formula is C7H6O2S2. The van der Waals surface area contributed by atoms with Crippen LogP contribution in [0.5, 0.6) is 0 Å². The van der Waals surface area contributed by atoms with E-state index in [4.69, 9.17) is 5.11 Å². The summed E-state index contributed by atoms with van der Waals surface area (Å²) in [7, 11) is 1.29. The van der Waals surface area contributed by atoms with E-state index in [1.807, 2.05) is 0 Å². The molecule has 58 valence electrons. The van der Waals surface area contributed by atoms with E-state index in [1.54, 1.807) is 24.3 Å². The fourth-order valence-electron chi connectivity index (χ4n) is 0.658. The molecule has 11 heavy (non-hydrogen) atoms. The summed E-state index contributed by atoms with van der Waals surface area (Å²) in [6.07, 6.45) is 0. The molecule has 1 rings (SSSR count). The Hall–Kier alpha value is -0.610. The zero-order valence-corrected chi connectivity index (χ0v) is 7.23. The first-order valence-electron chi connectivity index (χ1n) is 2.89. The van der Waals surface area contributed by atoms with Crippen LogP contribution < -0.4 is 0 Å². The van der Waals surface area contributed by atoms with E-state index in [0.29, 0.717) is 5.56 Å². The van der Waals surface area contributed by atoms with Gasteiger partial charge in [-0.2, -0.15) is 0 Å². The fourth-order valence-corrected chi connectivity index (χ4v) is 1.28. The summed E-state index contributed by atoms with van der Waals surface area (Å²) in [5, 5.41) is 8.52. The fraction of sp³-hybridized carbons (Fsp3) is 0. The summed E-state index contributed by atoms with van der Waals surface area (Å²) < 4.78 is 0. The highest BCUT2D eigenvalue weighted by molar-refractivity contribution is 8.68. The van der Waals surface area contributed by atoms with Crippen LogP contribution in [0.4, 0.5) is 0 Å². The van der Waals surface area contributed by atoms with Gasteiger partial charge in [0.05, 0.1) is 5.56 Å². The maximum Gasteiger partial charge on any atom is 0.335 e. The second kappa shape index (κ2) is 3.69. The summed E-state index contributed by atoms with van der Waals surface area (Å²) in [5.74, 6) is -0.902. The molecule has 0 atom stereocenters. The Morgan fingerprint density at radius 3 is 2.27 bits per heavy atom. The topological polar surface area (TPSA) is 37.3 Å². The van der Waals surface area contributed by atoms with Crippen molar-refractivity contribution in [1.82, 2.24) is 0 Å². The molecule has 0 saturated heterocycles. The molecule has 0 aromatic heterocycles. The van der Waals surface area contributed by atoms with Gasteiger partial charge in [0.1, 0.15) is 0 Å². The Morgan fingerprint density at radius 1 is 1.36 bits per heavy atom. The second-order valence-electron chi connectivity index (χ2n) is 1.92. The number of rotatable bonds is 2. The predicted octanol–water partition coefficient (Wildman–Crippen LogP) is 2.32. The van der Waals surface area contributed by atoms with Crippen LogP contribution in [-0.4, -0.2) is 11.1 Å². The van der Waals surface area contributed by atoms with Crippen LogP contribution in [-0.2, 0) is 0 Å². The average molecular weight is 186 g/mol. The van der Waals surface area contributed by atoms with E-state index in [2.05, 4.69) is 11.7 Å². The lowest BCUT2D eigenvalue weighted by atomic mass is 10.2. The second-order valence-corrected chi connectivity index (χ2v) is 3.12. The van der Waals surface area contributed by atoms with Crippen molar-refractivity contribution < 1.29 is 9.90 Å². The Kier molecular flexibility index (Phi) is 2.84. The Labute approximate surface area is 73.4 Å². The minimum Gasteiger partial charge on any atom is -0.478 e. The molecule has 0 heterocycles. The average Bonchev–Trinajstić information content (AvgIpc) is 2.05. The third-order valence-electron chi connectivity index (χ3n) is 1.21. The van der Waals surface area contributed by atoms with E-state index < -0.39 is 5.97 Å².